The van der Waals surface area contributed by atoms with Crippen molar-refractivity contribution < 1.29 is 0 Å². The van der Waals surface area contributed by atoms with Gasteiger partial charge in [-0.15, -0.1) is 0 Å². The van der Waals surface area contributed by atoms with Gasteiger partial charge in [-0.25, -0.2) is 4.99 Å². The van der Waals surface area contributed by atoms with E-state index in [1.54, 1.807) is 0 Å². The molecule has 2 aliphatic heterocycles. The Morgan fingerprint density at radius 3 is 2.47 bits per heavy atom. The van der Waals surface area contributed by atoms with E-state index in [1.165, 1.54) is 72.7 Å². The molecule has 0 saturated heterocycles. The molecular weight excluding hydrogens is 779 g/mol. The van der Waals surface area contributed by atoms with Crippen molar-refractivity contribution in [2.24, 2.45) is 27.7 Å². The van der Waals surface area contributed by atoms with Crippen molar-refractivity contribution in [2.45, 2.75) is 50.6 Å². The smallest absolute Gasteiger partial charge is 0.211 e. The second-order valence-electron chi connectivity index (χ2n) is 18.3. The van der Waals surface area contributed by atoms with Crippen LogP contribution in [0.4, 0.5) is 0 Å². The molecule has 5 atom stereocenters. The fourth-order valence-corrected chi connectivity index (χ4v) is 11.6. The third-order valence-electron chi connectivity index (χ3n) is 14.7. The molecule has 5 unspecified atom stereocenters. The topological polar surface area (TPSA) is 44.9 Å². The number of hydrogen-bond acceptors (Lipinski definition) is 4. The predicted molar refractivity (Wildman–Crippen MR) is 264 cm³/mol. The monoisotopic (exact) mass is 827 g/mol. The van der Waals surface area contributed by atoms with Gasteiger partial charge in [-0.05, 0) is 125 Å². The van der Waals surface area contributed by atoms with Crippen LogP contribution in [0.2, 0.25) is 0 Å². The highest BCUT2D eigenvalue weighted by atomic mass is 15.4. The van der Waals surface area contributed by atoms with Crippen molar-refractivity contribution >= 4 is 40.0 Å². The minimum Gasteiger partial charge on any atom is -0.330 e. The number of amidine groups is 1. The van der Waals surface area contributed by atoms with Crippen molar-refractivity contribution in [3.05, 3.63) is 233 Å². The lowest BCUT2D eigenvalue weighted by molar-refractivity contribution is 0.445. The Balaban J connectivity index is 0.907. The number of rotatable bonds is 5. The molecular formula is C59H49N5. The Hall–Kier alpha value is -7.24. The van der Waals surface area contributed by atoms with Gasteiger partial charge >= 0.3 is 0 Å². The first-order valence-corrected chi connectivity index (χ1v) is 23.3. The number of hydrogen-bond donors (Lipinski definition) is 1. The summed E-state index contributed by atoms with van der Waals surface area (Å²) in [6.07, 6.45) is 38.6. The summed E-state index contributed by atoms with van der Waals surface area (Å²) in [7, 11) is 0. The Morgan fingerprint density at radius 1 is 0.688 bits per heavy atom. The minimum absolute atomic E-state index is 0.282. The molecule has 1 N–H and O–H groups in total. The molecule has 5 heteroatoms. The van der Waals surface area contributed by atoms with Gasteiger partial charge in [0.05, 0.1) is 11.2 Å². The first-order chi connectivity index (χ1) is 31.7. The third-order valence-corrected chi connectivity index (χ3v) is 14.7. The van der Waals surface area contributed by atoms with Gasteiger partial charge in [0, 0.05) is 45.8 Å². The highest BCUT2D eigenvalue weighted by Gasteiger charge is 2.44. The first kappa shape index (κ1) is 37.3. The van der Waals surface area contributed by atoms with Gasteiger partial charge in [-0.1, -0.05) is 152 Å². The zero-order valence-electron chi connectivity index (χ0n) is 35.8. The number of nitrogens with one attached hydrogen (secondary N) is 1. The fourth-order valence-electron chi connectivity index (χ4n) is 11.6. The van der Waals surface area contributed by atoms with Crippen molar-refractivity contribution in [2.75, 3.05) is 0 Å². The van der Waals surface area contributed by atoms with Gasteiger partial charge in [0.15, 0.2) is 5.84 Å². The molecule has 310 valence electrons. The number of para-hydroxylation sites is 1. The van der Waals surface area contributed by atoms with Gasteiger partial charge < -0.3 is 9.88 Å². The summed E-state index contributed by atoms with van der Waals surface area (Å²) in [6.45, 7) is 0. The zero-order valence-corrected chi connectivity index (χ0v) is 35.8. The van der Waals surface area contributed by atoms with Crippen molar-refractivity contribution in [3.8, 4) is 11.1 Å². The van der Waals surface area contributed by atoms with Gasteiger partial charge in [-0.2, -0.15) is 4.99 Å². The van der Waals surface area contributed by atoms with E-state index in [-0.39, 0.29) is 12.1 Å². The number of allylic oxidation sites excluding steroid dienone is 18. The van der Waals surface area contributed by atoms with Crippen LogP contribution < -0.4 is 5.32 Å². The molecule has 0 radical (unpaired) electrons. The summed E-state index contributed by atoms with van der Waals surface area (Å²) in [6, 6.07) is 37.4. The van der Waals surface area contributed by atoms with Gasteiger partial charge in [-0.3, -0.25) is 4.90 Å². The van der Waals surface area contributed by atoms with Crippen molar-refractivity contribution in [1.29, 1.82) is 0 Å². The maximum Gasteiger partial charge on any atom is 0.211 e. The molecule has 0 amide bonds. The molecule has 5 aromatic rings. The number of nitrogens with zero attached hydrogens (tertiary/aromatic N) is 4. The molecule has 13 rings (SSSR count). The van der Waals surface area contributed by atoms with Crippen LogP contribution >= 0.6 is 0 Å². The van der Waals surface area contributed by atoms with E-state index < -0.39 is 0 Å². The lowest BCUT2D eigenvalue weighted by atomic mass is 9.74. The SMILES string of the molecule is C1=CCCC(c2cccc(C3=NC(c4cccc(-c5ccccc5)c4)NC(N4C5=CC6=CC=C(n7c8c(c9ccccc97)C7C=CC=CC7C=C8)CC6CC5C5=C4CCC=C5)=N3)c2)=C1. The van der Waals surface area contributed by atoms with E-state index in [1.807, 2.05) is 0 Å². The molecule has 4 aromatic carbocycles. The van der Waals surface area contributed by atoms with E-state index >= 15 is 0 Å². The van der Waals surface area contributed by atoms with E-state index in [0.717, 1.165) is 61.4 Å². The van der Waals surface area contributed by atoms with Crippen LogP contribution in [0.5, 0.6) is 0 Å². The molecule has 64 heavy (non-hydrogen) atoms. The Bertz CT molecular complexity index is 3170. The summed E-state index contributed by atoms with van der Waals surface area (Å²) < 4.78 is 2.58. The molecule has 0 fully saturated rings. The van der Waals surface area contributed by atoms with Crippen LogP contribution in [0.25, 0.3) is 39.4 Å². The largest absolute Gasteiger partial charge is 0.330 e. The molecule has 3 heterocycles. The molecule has 1 aromatic heterocycles. The van der Waals surface area contributed by atoms with Crippen molar-refractivity contribution in [3.63, 3.8) is 0 Å². The maximum atomic E-state index is 5.51. The second kappa shape index (κ2) is 15.2. The van der Waals surface area contributed by atoms with Crippen LogP contribution in [0.3, 0.4) is 0 Å². The average Bonchev–Trinajstić information content (AvgIpc) is 3.88. The lowest BCUT2D eigenvalue weighted by Gasteiger charge is -2.36. The predicted octanol–water partition coefficient (Wildman–Crippen LogP) is 13.6. The standard InChI is InChI=1S/C59H49N5/c1-3-15-38(16-4-1)41-20-13-22-44(33-41)57-60-58(45-23-14-21-42(34-45)39-17-5-2-6-18-39)62-59(61-57)64-52-27-11-9-25-49(52)51-36-46-35-47(31-29-43(46)37-55(51)64)63-53-28-12-10-26-50(53)56-48-24-8-7-19-40(48)30-32-54(56)63/h1-5,7-10,12-17,19-26,28-34,37,40,46,48,51,57H,6,11,18,27,35-36H2,(H,60,61,62). The fraction of sp³-hybridized carbons (Fsp3) is 0.186. The van der Waals surface area contributed by atoms with E-state index in [4.69, 9.17) is 9.98 Å². The third kappa shape index (κ3) is 6.20. The van der Waals surface area contributed by atoms with Crippen LogP contribution in [0.1, 0.15) is 78.6 Å². The van der Waals surface area contributed by atoms with E-state index in [0.29, 0.717) is 17.8 Å². The quantitative estimate of drug-likeness (QED) is 0.192. The number of aliphatic imine (C=N–C) groups is 2. The van der Waals surface area contributed by atoms with Crippen LogP contribution in [0, 0.1) is 17.8 Å². The summed E-state index contributed by atoms with van der Waals surface area (Å²) in [4.78, 5) is 13.4. The van der Waals surface area contributed by atoms with E-state index in [2.05, 4.69) is 203 Å². The summed E-state index contributed by atoms with van der Waals surface area (Å²) >= 11 is 0. The molecule has 0 bridgehead atoms. The molecule has 6 aliphatic carbocycles. The average molecular weight is 828 g/mol. The van der Waals surface area contributed by atoms with Gasteiger partial charge in [0.1, 0.15) is 6.17 Å². The number of benzene rings is 4. The van der Waals surface area contributed by atoms with Crippen LogP contribution in [0.15, 0.2) is 215 Å². The number of aromatic nitrogens is 1. The van der Waals surface area contributed by atoms with Crippen LogP contribution in [-0.2, 0) is 0 Å². The minimum atomic E-state index is -0.322. The molecule has 0 spiro atoms. The van der Waals surface area contributed by atoms with Gasteiger partial charge in [0.25, 0.3) is 0 Å². The normalized spacial score (nSPS) is 24.9. The number of guanidine groups is 1. The second-order valence-corrected chi connectivity index (χ2v) is 18.3. The van der Waals surface area contributed by atoms with Gasteiger partial charge in [0.2, 0.25) is 5.96 Å². The number of fused-ring (bicyclic) bond motifs is 8. The Labute approximate surface area is 375 Å². The first-order valence-electron chi connectivity index (χ1n) is 23.3. The van der Waals surface area contributed by atoms with Crippen molar-refractivity contribution in [1.82, 2.24) is 14.8 Å². The Kier molecular flexibility index (Phi) is 8.89. The molecule has 8 aliphatic rings. The van der Waals surface area contributed by atoms with E-state index in [9.17, 15) is 0 Å². The zero-order chi connectivity index (χ0) is 42.1. The lowest BCUT2D eigenvalue weighted by Crippen LogP contribution is -2.44. The summed E-state index contributed by atoms with van der Waals surface area (Å²) in [5.41, 5.74) is 18.1. The molecule has 0 saturated carbocycles. The molecule has 5 nitrogen and oxygen atoms in total. The summed E-state index contributed by atoms with van der Waals surface area (Å²) in [5.74, 6) is 3.08. The van der Waals surface area contributed by atoms with Crippen LogP contribution in [-0.4, -0.2) is 21.3 Å². The Morgan fingerprint density at radius 2 is 1.53 bits per heavy atom. The maximum absolute atomic E-state index is 5.51. The highest BCUT2D eigenvalue weighted by molar-refractivity contribution is 6.08. The highest BCUT2D eigenvalue weighted by Crippen LogP contribution is 2.52. The summed E-state index contributed by atoms with van der Waals surface area (Å²) in [5, 5.41) is 5.29.